The van der Waals surface area contributed by atoms with Crippen LogP contribution in [0.4, 0.5) is 11.4 Å². The van der Waals surface area contributed by atoms with Crippen LogP contribution in [0, 0.1) is 0 Å². The molecule has 0 unspecified atom stereocenters. The molecule has 0 heterocycles. The van der Waals surface area contributed by atoms with Gasteiger partial charge in [-0.05, 0) is 25.0 Å². The zero-order chi connectivity index (χ0) is 14.2. The normalized spacial score (nSPS) is 18.1. The predicted octanol–water partition coefficient (Wildman–Crippen LogP) is 3.54. The Morgan fingerprint density at radius 3 is 2.00 bits per heavy atom. The molecule has 0 amide bonds. The number of para-hydroxylation sites is 2. The highest BCUT2D eigenvalue weighted by atomic mass is 32.2. The maximum Gasteiger partial charge on any atom is 0.222 e. The lowest BCUT2D eigenvalue weighted by Gasteiger charge is -2.21. The van der Waals surface area contributed by atoms with Crippen LogP contribution >= 0.6 is 0 Å². The van der Waals surface area contributed by atoms with Crippen molar-refractivity contribution < 1.29 is 8.42 Å². The second-order valence-electron chi connectivity index (χ2n) is 5.45. The van der Waals surface area contributed by atoms with Crippen molar-refractivity contribution in [2.24, 2.45) is 0 Å². The Bertz CT molecular complexity index is 471. The summed E-state index contributed by atoms with van der Waals surface area (Å²) in [4.78, 5) is 0. The molecule has 0 spiro atoms. The van der Waals surface area contributed by atoms with E-state index in [4.69, 9.17) is 0 Å². The van der Waals surface area contributed by atoms with E-state index in [-0.39, 0.29) is 0 Å². The first-order valence-electron chi connectivity index (χ1n) is 7.52. The fourth-order valence-corrected chi connectivity index (χ4v) is 3.19. The van der Waals surface area contributed by atoms with Gasteiger partial charge in [-0.15, -0.1) is 0 Å². The molecule has 0 aromatic heterocycles. The molecule has 2 rings (SSSR count). The minimum atomic E-state index is -2.62. The molecule has 1 saturated carbocycles. The number of hydrogen-bond acceptors (Lipinski definition) is 3. The highest BCUT2D eigenvalue weighted by Gasteiger charge is 2.12. The third kappa shape index (κ3) is 5.04. The summed E-state index contributed by atoms with van der Waals surface area (Å²) in [6, 6.07) is 7.95. The van der Waals surface area contributed by atoms with Gasteiger partial charge in [0, 0.05) is 6.04 Å². The van der Waals surface area contributed by atoms with Crippen LogP contribution < -0.4 is 10.0 Å². The fraction of sp³-hybridized carbons (Fsp3) is 0.600. The molecule has 0 bridgehead atoms. The molecule has 1 aromatic carbocycles. The van der Waals surface area contributed by atoms with Crippen LogP contribution in [-0.4, -0.2) is 14.5 Å². The van der Waals surface area contributed by atoms with Gasteiger partial charge in [0.2, 0.25) is 10.9 Å². The second kappa shape index (κ2) is 8.15. The van der Waals surface area contributed by atoms with Gasteiger partial charge in [-0.1, -0.05) is 50.7 Å². The predicted molar refractivity (Wildman–Crippen MR) is 84.7 cm³/mol. The van der Waals surface area contributed by atoms with Crippen LogP contribution in [0.5, 0.6) is 0 Å². The van der Waals surface area contributed by atoms with Crippen molar-refractivity contribution in [3.63, 3.8) is 0 Å². The van der Waals surface area contributed by atoms with Crippen molar-refractivity contribution in [1.29, 1.82) is 0 Å². The summed E-state index contributed by atoms with van der Waals surface area (Å²) in [5.41, 5.74) is 1.53. The summed E-state index contributed by atoms with van der Waals surface area (Å²) in [5, 5.41) is 3.52. The Morgan fingerprint density at radius 2 is 1.40 bits per heavy atom. The van der Waals surface area contributed by atoms with Crippen molar-refractivity contribution in [3.05, 3.63) is 24.3 Å². The minimum absolute atomic E-state index is 0.445. The minimum Gasteiger partial charge on any atom is -0.381 e. The molecule has 0 atom stereocenters. The van der Waals surface area contributed by atoms with Gasteiger partial charge in [0.05, 0.1) is 11.4 Å². The van der Waals surface area contributed by atoms with E-state index >= 15 is 0 Å². The maximum atomic E-state index is 10.9. The Kier molecular flexibility index (Phi) is 6.18. The zero-order valence-electron chi connectivity index (χ0n) is 11.8. The molecule has 0 aliphatic heterocycles. The third-order valence-corrected chi connectivity index (χ3v) is 4.28. The van der Waals surface area contributed by atoms with Crippen LogP contribution in [-0.2, 0) is 10.9 Å². The SMILES string of the molecule is O=[SH](=O)Nc1ccccc1NC1CCCCCCCC1. The lowest BCUT2D eigenvalue weighted by Crippen LogP contribution is -2.20. The molecule has 1 aliphatic carbocycles. The van der Waals surface area contributed by atoms with Gasteiger partial charge in [0.15, 0.2) is 0 Å². The first-order chi connectivity index (χ1) is 9.75. The Balaban J connectivity index is 2.03. The van der Waals surface area contributed by atoms with E-state index in [2.05, 4.69) is 10.0 Å². The third-order valence-electron chi connectivity index (χ3n) is 3.85. The van der Waals surface area contributed by atoms with Crippen molar-refractivity contribution in [2.45, 2.75) is 57.4 Å². The number of thiol groups is 1. The standard InChI is InChI=1S/C15H24N2O2S/c18-20(19)17-15-12-8-7-11-14(15)16-13-9-5-3-1-2-4-6-10-13/h7-8,11-13,16,20H,1-6,9-10H2,(H,17,18,19). The number of benzene rings is 1. The summed E-state index contributed by atoms with van der Waals surface area (Å²) in [6.07, 6.45) is 10.2. The van der Waals surface area contributed by atoms with Crippen molar-refractivity contribution in [2.75, 3.05) is 10.0 Å². The van der Waals surface area contributed by atoms with Crippen LogP contribution in [0.15, 0.2) is 24.3 Å². The molecule has 1 aromatic rings. The van der Waals surface area contributed by atoms with E-state index in [1.807, 2.05) is 18.2 Å². The molecule has 1 fully saturated rings. The number of hydrogen-bond donors (Lipinski definition) is 3. The topological polar surface area (TPSA) is 58.2 Å². The van der Waals surface area contributed by atoms with Gasteiger partial charge in [-0.3, -0.25) is 4.72 Å². The summed E-state index contributed by atoms with van der Waals surface area (Å²) >= 11 is 0. The number of anilines is 2. The Labute approximate surface area is 123 Å². The van der Waals surface area contributed by atoms with E-state index in [1.54, 1.807) is 6.07 Å². The molecule has 0 radical (unpaired) electrons. The first-order valence-corrected chi connectivity index (χ1v) is 8.70. The number of nitrogens with one attached hydrogen (secondary N) is 2. The molecule has 5 heteroatoms. The Morgan fingerprint density at radius 1 is 0.850 bits per heavy atom. The lowest BCUT2D eigenvalue weighted by atomic mass is 10.0. The van der Waals surface area contributed by atoms with Gasteiger partial charge in [0.25, 0.3) is 0 Å². The molecule has 4 nitrogen and oxygen atoms in total. The number of rotatable bonds is 4. The molecular formula is C15H24N2O2S. The van der Waals surface area contributed by atoms with E-state index < -0.39 is 10.9 Å². The van der Waals surface area contributed by atoms with Crippen LogP contribution in [0.3, 0.4) is 0 Å². The van der Waals surface area contributed by atoms with Crippen LogP contribution in [0.25, 0.3) is 0 Å². The second-order valence-corrected chi connectivity index (χ2v) is 6.19. The van der Waals surface area contributed by atoms with Crippen LogP contribution in [0.2, 0.25) is 0 Å². The highest BCUT2D eigenvalue weighted by Crippen LogP contribution is 2.25. The Hall–Kier alpha value is -1.23. The summed E-state index contributed by atoms with van der Waals surface area (Å²) in [5.74, 6) is 0. The lowest BCUT2D eigenvalue weighted by molar-refractivity contribution is 0.563. The quantitative estimate of drug-likeness (QED) is 0.745. The van der Waals surface area contributed by atoms with E-state index in [9.17, 15) is 8.42 Å². The summed E-state index contributed by atoms with van der Waals surface area (Å²) in [7, 11) is -2.62. The average molecular weight is 296 g/mol. The first kappa shape index (κ1) is 15.2. The highest BCUT2D eigenvalue weighted by molar-refractivity contribution is 7.73. The summed E-state index contributed by atoms with van der Waals surface area (Å²) in [6.45, 7) is 0. The van der Waals surface area contributed by atoms with Gasteiger partial charge < -0.3 is 5.32 Å². The van der Waals surface area contributed by atoms with E-state index in [0.717, 1.165) is 18.5 Å². The van der Waals surface area contributed by atoms with E-state index in [1.165, 1.54) is 38.5 Å². The van der Waals surface area contributed by atoms with Gasteiger partial charge in [0.1, 0.15) is 0 Å². The molecule has 2 N–H and O–H groups in total. The smallest absolute Gasteiger partial charge is 0.222 e. The maximum absolute atomic E-state index is 10.9. The zero-order valence-corrected chi connectivity index (χ0v) is 12.7. The molecule has 1 aliphatic rings. The van der Waals surface area contributed by atoms with E-state index in [0.29, 0.717) is 11.7 Å². The summed E-state index contributed by atoms with van der Waals surface area (Å²) < 4.78 is 24.2. The fourth-order valence-electron chi connectivity index (χ4n) is 2.80. The van der Waals surface area contributed by atoms with Gasteiger partial charge >= 0.3 is 0 Å². The average Bonchev–Trinajstić information content (AvgIpc) is 2.54. The van der Waals surface area contributed by atoms with Crippen molar-refractivity contribution in [1.82, 2.24) is 0 Å². The van der Waals surface area contributed by atoms with Crippen molar-refractivity contribution in [3.8, 4) is 0 Å². The van der Waals surface area contributed by atoms with Crippen molar-refractivity contribution >= 4 is 22.3 Å². The molecule has 0 saturated heterocycles. The van der Waals surface area contributed by atoms with Gasteiger partial charge in [-0.25, -0.2) is 8.42 Å². The van der Waals surface area contributed by atoms with Gasteiger partial charge in [-0.2, -0.15) is 0 Å². The largest absolute Gasteiger partial charge is 0.381 e. The monoisotopic (exact) mass is 296 g/mol. The molecule has 20 heavy (non-hydrogen) atoms. The van der Waals surface area contributed by atoms with Crippen LogP contribution in [0.1, 0.15) is 51.4 Å². The molecular weight excluding hydrogens is 272 g/mol. The molecule has 112 valence electrons.